The van der Waals surface area contributed by atoms with E-state index >= 15 is 0 Å². The van der Waals surface area contributed by atoms with Crippen molar-refractivity contribution >= 4 is 5.69 Å². The third-order valence-electron chi connectivity index (χ3n) is 4.41. The molecule has 1 atom stereocenters. The minimum absolute atomic E-state index is 0.226. The lowest BCUT2D eigenvalue weighted by molar-refractivity contribution is 0.309. The highest BCUT2D eigenvalue weighted by molar-refractivity contribution is 5.52. The van der Waals surface area contributed by atoms with E-state index in [1.54, 1.807) is 19.2 Å². The van der Waals surface area contributed by atoms with Crippen molar-refractivity contribution in [1.29, 1.82) is 0 Å². The fourth-order valence-corrected chi connectivity index (χ4v) is 2.99. The fourth-order valence-electron chi connectivity index (χ4n) is 2.99. The first kappa shape index (κ1) is 13.6. The number of nitrogens with zero attached hydrogens (tertiary/aromatic N) is 1. The van der Waals surface area contributed by atoms with Crippen LogP contribution in [0.5, 0.6) is 5.75 Å². The number of hydrogen-bond acceptors (Lipinski definition) is 4. The van der Waals surface area contributed by atoms with E-state index < -0.39 is 0 Å². The van der Waals surface area contributed by atoms with Crippen molar-refractivity contribution in [2.75, 3.05) is 32.1 Å². The van der Waals surface area contributed by atoms with Crippen LogP contribution in [0.2, 0.25) is 0 Å². The average Bonchev–Trinajstić information content (AvgIpc) is 3.23. The zero-order valence-electron chi connectivity index (χ0n) is 11.9. The van der Waals surface area contributed by atoms with Crippen LogP contribution in [0.15, 0.2) is 18.2 Å². The fraction of sp³-hybridized carbons (Fsp3) is 0.600. The van der Waals surface area contributed by atoms with Crippen LogP contribution in [-0.4, -0.2) is 43.2 Å². The van der Waals surface area contributed by atoms with E-state index in [1.807, 2.05) is 0 Å². The van der Waals surface area contributed by atoms with Gasteiger partial charge in [0, 0.05) is 31.7 Å². The second-order valence-electron chi connectivity index (χ2n) is 5.91. The van der Waals surface area contributed by atoms with Crippen molar-refractivity contribution in [3.05, 3.63) is 24.0 Å². The molecule has 20 heavy (non-hydrogen) atoms. The Morgan fingerprint density at radius 3 is 2.95 bits per heavy atom. The number of likely N-dealkylation sites (tertiary alicyclic amines) is 1. The lowest BCUT2D eigenvalue weighted by Crippen LogP contribution is -2.48. The van der Waals surface area contributed by atoms with Gasteiger partial charge in [0.2, 0.25) is 0 Å². The first-order valence-corrected chi connectivity index (χ1v) is 7.22. The van der Waals surface area contributed by atoms with Crippen molar-refractivity contribution in [3.63, 3.8) is 0 Å². The quantitative estimate of drug-likeness (QED) is 0.863. The van der Waals surface area contributed by atoms with Gasteiger partial charge in [0.05, 0.1) is 18.3 Å². The molecule has 0 spiro atoms. The van der Waals surface area contributed by atoms with Gasteiger partial charge in [-0.3, -0.25) is 4.90 Å². The highest BCUT2D eigenvalue weighted by Crippen LogP contribution is 2.35. The van der Waals surface area contributed by atoms with Crippen LogP contribution in [0.1, 0.15) is 19.3 Å². The maximum atomic E-state index is 14.0. The van der Waals surface area contributed by atoms with E-state index in [9.17, 15) is 4.39 Å². The van der Waals surface area contributed by atoms with Gasteiger partial charge in [-0.2, -0.15) is 0 Å². The normalized spacial score (nSPS) is 26.8. The summed E-state index contributed by atoms with van der Waals surface area (Å²) < 4.78 is 19.1. The van der Waals surface area contributed by atoms with Crippen molar-refractivity contribution < 1.29 is 9.13 Å². The van der Waals surface area contributed by atoms with E-state index in [-0.39, 0.29) is 11.4 Å². The SMILES string of the molecule is COc1ccc(F)c(NC2(CN)CCN(C3CC3)C2)c1. The van der Waals surface area contributed by atoms with Crippen LogP contribution >= 0.6 is 0 Å². The molecule has 4 nitrogen and oxygen atoms in total. The van der Waals surface area contributed by atoms with Gasteiger partial charge in [0.25, 0.3) is 0 Å². The first-order chi connectivity index (χ1) is 9.65. The summed E-state index contributed by atoms with van der Waals surface area (Å²) in [7, 11) is 1.58. The van der Waals surface area contributed by atoms with Crippen LogP contribution < -0.4 is 15.8 Å². The van der Waals surface area contributed by atoms with Gasteiger partial charge in [-0.15, -0.1) is 0 Å². The Labute approximate surface area is 119 Å². The molecule has 3 N–H and O–H groups in total. The molecule has 1 aromatic rings. The summed E-state index contributed by atoms with van der Waals surface area (Å²) in [5.41, 5.74) is 6.23. The maximum absolute atomic E-state index is 14.0. The minimum atomic E-state index is -0.261. The van der Waals surface area contributed by atoms with Gasteiger partial charge < -0.3 is 15.8 Å². The van der Waals surface area contributed by atoms with E-state index in [0.29, 0.717) is 18.0 Å². The molecule has 1 heterocycles. The topological polar surface area (TPSA) is 50.5 Å². The highest BCUT2D eigenvalue weighted by atomic mass is 19.1. The van der Waals surface area contributed by atoms with Crippen LogP contribution in [-0.2, 0) is 0 Å². The molecule has 1 aromatic carbocycles. The zero-order chi connectivity index (χ0) is 14.2. The molecule has 2 aliphatic rings. The number of anilines is 1. The van der Waals surface area contributed by atoms with Gasteiger partial charge in [-0.05, 0) is 31.4 Å². The summed E-state index contributed by atoms with van der Waals surface area (Å²) >= 11 is 0. The summed E-state index contributed by atoms with van der Waals surface area (Å²) in [5.74, 6) is 0.390. The van der Waals surface area contributed by atoms with Gasteiger partial charge in [0.15, 0.2) is 0 Å². The minimum Gasteiger partial charge on any atom is -0.497 e. The summed E-state index contributed by atoms with van der Waals surface area (Å²) in [6, 6.07) is 5.48. The monoisotopic (exact) mass is 279 g/mol. The van der Waals surface area contributed by atoms with Crippen molar-refractivity contribution in [3.8, 4) is 5.75 Å². The molecule has 0 radical (unpaired) electrons. The highest BCUT2D eigenvalue weighted by Gasteiger charge is 2.42. The van der Waals surface area contributed by atoms with Gasteiger partial charge in [-0.1, -0.05) is 0 Å². The van der Waals surface area contributed by atoms with Crippen molar-refractivity contribution in [2.24, 2.45) is 5.73 Å². The molecule has 2 fully saturated rings. The molecule has 0 aromatic heterocycles. The molecule has 1 saturated heterocycles. The molecule has 1 saturated carbocycles. The number of rotatable bonds is 5. The number of ether oxygens (including phenoxy) is 1. The Morgan fingerprint density at radius 2 is 2.30 bits per heavy atom. The molecular weight excluding hydrogens is 257 g/mol. The number of methoxy groups -OCH3 is 1. The third kappa shape index (κ3) is 2.60. The van der Waals surface area contributed by atoms with Crippen LogP contribution in [0.25, 0.3) is 0 Å². The lowest BCUT2D eigenvalue weighted by Gasteiger charge is -2.31. The number of nitrogens with two attached hydrogens (primary N) is 1. The van der Waals surface area contributed by atoms with Gasteiger partial charge in [0.1, 0.15) is 11.6 Å². The predicted octanol–water partition coefficient (Wildman–Crippen LogP) is 1.81. The van der Waals surface area contributed by atoms with Crippen LogP contribution in [0.3, 0.4) is 0 Å². The Morgan fingerprint density at radius 1 is 1.50 bits per heavy atom. The molecular formula is C15H22FN3O. The number of hydrogen-bond donors (Lipinski definition) is 2. The average molecular weight is 279 g/mol. The number of nitrogens with one attached hydrogen (secondary N) is 1. The molecule has 1 aliphatic carbocycles. The largest absolute Gasteiger partial charge is 0.497 e. The zero-order valence-corrected chi connectivity index (χ0v) is 11.9. The summed E-state index contributed by atoms with van der Waals surface area (Å²) in [5, 5.41) is 3.34. The molecule has 110 valence electrons. The first-order valence-electron chi connectivity index (χ1n) is 7.22. The molecule has 1 aliphatic heterocycles. The second kappa shape index (κ2) is 5.22. The van der Waals surface area contributed by atoms with E-state index in [4.69, 9.17) is 10.5 Å². The summed E-state index contributed by atoms with van der Waals surface area (Å²) in [6.07, 6.45) is 3.53. The Hall–Kier alpha value is -1.33. The summed E-state index contributed by atoms with van der Waals surface area (Å²) in [4.78, 5) is 2.47. The van der Waals surface area contributed by atoms with Crippen LogP contribution in [0.4, 0.5) is 10.1 Å². The summed E-state index contributed by atoms with van der Waals surface area (Å²) in [6.45, 7) is 2.44. The van der Waals surface area contributed by atoms with E-state index in [1.165, 1.54) is 18.9 Å². The van der Waals surface area contributed by atoms with E-state index in [0.717, 1.165) is 25.6 Å². The van der Waals surface area contributed by atoms with Crippen molar-refractivity contribution in [2.45, 2.75) is 30.8 Å². The van der Waals surface area contributed by atoms with Gasteiger partial charge in [-0.25, -0.2) is 4.39 Å². The standard InChI is InChI=1S/C15H22FN3O/c1-20-12-4-5-13(16)14(8-12)18-15(9-17)6-7-19(10-15)11-2-3-11/h4-5,8,11,18H,2-3,6-7,9-10,17H2,1H3. The molecule has 0 amide bonds. The number of benzene rings is 1. The second-order valence-corrected chi connectivity index (χ2v) is 5.91. The Bertz CT molecular complexity index is 492. The van der Waals surface area contributed by atoms with Gasteiger partial charge >= 0.3 is 0 Å². The third-order valence-corrected chi connectivity index (χ3v) is 4.41. The Balaban J connectivity index is 1.77. The smallest absolute Gasteiger partial charge is 0.146 e. The Kier molecular flexibility index (Phi) is 3.56. The molecule has 1 unspecified atom stereocenters. The maximum Gasteiger partial charge on any atom is 0.146 e. The molecule has 3 rings (SSSR count). The van der Waals surface area contributed by atoms with Crippen LogP contribution in [0, 0.1) is 5.82 Å². The number of halogens is 1. The van der Waals surface area contributed by atoms with Crippen molar-refractivity contribution in [1.82, 2.24) is 4.90 Å². The van der Waals surface area contributed by atoms with E-state index in [2.05, 4.69) is 10.2 Å². The molecule has 0 bridgehead atoms. The predicted molar refractivity (Wildman–Crippen MR) is 77.6 cm³/mol. The molecule has 5 heteroatoms. The lowest BCUT2D eigenvalue weighted by atomic mass is 9.98.